The van der Waals surface area contributed by atoms with Gasteiger partial charge in [-0.1, -0.05) is 54.6 Å². The normalized spacial score (nSPS) is 10.3. The van der Waals surface area contributed by atoms with Crippen LogP contribution in [0, 0.1) is 6.57 Å². The largest absolute Gasteiger partial charge is 0.477 e. The molecule has 4 nitrogen and oxygen atoms in total. The molecule has 0 atom stereocenters. The van der Waals surface area contributed by atoms with Crippen molar-refractivity contribution in [1.29, 1.82) is 0 Å². The Bertz CT molecular complexity index is 901. The molecule has 0 aliphatic rings. The summed E-state index contributed by atoms with van der Waals surface area (Å²) in [7, 11) is 1.64. The number of aryl methyl sites for hydroxylation is 1. The number of hydrogen-bond acceptors (Lipinski definition) is 1. The van der Waals surface area contributed by atoms with Gasteiger partial charge in [0.2, 0.25) is 5.69 Å². The summed E-state index contributed by atoms with van der Waals surface area (Å²) in [6, 6.07) is 17.5. The van der Waals surface area contributed by atoms with Gasteiger partial charge in [0, 0.05) is 18.8 Å². The Kier molecular flexibility index (Phi) is 3.70. The minimum atomic E-state index is -1.04. The van der Waals surface area contributed by atoms with Crippen LogP contribution >= 0.6 is 0 Å². The van der Waals surface area contributed by atoms with Crippen LogP contribution < -0.4 is 0 Å². The lowest BCUT2D eigenvalue weighted by Crippen LogP contribution is -2.05. The van der Waals surface area contributed by atoms with E-state index in [4.69, 9.17) is 6.57 Å². The molecule has 1 heterocycles. The van der Waals surface area contributed by atoms with Gasteiger partial charge in [0.1, 0.15) is 5.69 Å². The number of rotatable bonds is 3. The lowest BCUT2D eigenvalue weighted by molar-refractivity contribution is 0.0687. The zero-order valence-electron chi connectivity index (χ0n) is 12.5. The molecule has 0 bridgehead atoms. The monoisotopic (exact) mass is 302 g/mol. The number of benzene rings is 2. The summed E-state index contributed by atoms with van der Waals surface area (Å²) < 4.78 is 1.48. The summed E-state index contributed by atoms with van der Waals surface area (Å²) in [5, 5.41) is 9.43. The van der Waals surface area contributed by atoms with Crippen LogP contribution in [0.25, 0.3) is 27.1 Å². The third-order valence-electron chi connectivity index (χ3n) is 3.77. The van der Waals surface area contributed by atoms with Gasteiger partial charge in [0.05, 0.1) is 6.57 Å². The minimum Gasteiger partial charge on any atom is -0.477 e. The van der Waals surface area contributed by atoms with Crippen molar-refractivity contribution in [2.45, 2.75) is 0 Å². The molecule has 0 fully saturated rings. The second-order valence-electron chi connectivity index (χ2n) is 5.21. The molecule has 3 aromatic rings. The predicted molar refractivity (Wildman–Crippen MR) is 89.5 cm³/mol. The number of carboxylic acids is 1. The second-order valence-corrected chi connectivity index (χ2v) is 5.21. The Balaban J connectivity index is 2.10. The summed E-state index contributed by atoms with van der Waals surface area (Å²) in [5.41, 5.74) is 3.81. The van der Waals surface area contributed by atoms with E-state index in [-0.39, 0.29) is 5.69 Å². The standard InChI is InChI=1S/C19H14N2O2/c1-20-16-12-21(2)18(19(22)23)17(16)15-10-8-14(9-11-15)13-6-4-3-5-7-13/h3-12H,2H3,(H,22,23). The number of carbonyl (C=O) groups is 1. The highest BCUT2D eigenvalue weighted by Gasteiger charge is 2.21. The van der Waals surface area contributed by atoms with E-state index in [1.54, 1.807) is 13.2 Å². The maximum atomic E-state index is 11.5. The van der Waals surface area contributed by atoms with Crippen LogP contribution in [-0.2, 0) is 7.05 Å². The van der Waals surface area contributed by atoms with E-state index in [1.807, 2.05) is 54.6 Å². The van der Waals surface area contributed by atoms with Crippen LogP contribution in [0.15, 0.2) is 60.8 Å². The molecule has 1 aromatic heterocycles. The Hall–Kier alpha value is -3.32. The molecular weight excluding hydrogens is 288 g/mol. The van der Waals surface area contributed by atoms with Crippen molar-refractivity contribution in [3.05, 3.63) is 77.9 Å². The highest BCUT2D eigenvalue weighted by Crippen LogP contribution is 2.36. The molecule has 112 valence electrons. The smallest absolute Gasteiger partial charge is 0.351 e. The van der Waals surface area contributed by atoms with Crippen molar-refractivity contribution in [1.82, 2.24) is 4.57 Å². The average Bonchev–Trinajstić information content (AvgIpc) is 2.92. The van der Waals surface area contributed by atoms with Gasteiger partial charge in [-0.25, -0.2) is 9.64 Å². The van der Waals surface area contributed by atoms with Gasteiger partial charge in [-0.05, 0) is 16.7 Å². The zero-order valence-corrected chi connectivity index (χ0v) is 12.5. The first-order chi connectivity index (χ1) is 11.1. The van der Waals surface area contributed by atoms with Crippen LogP contribution in [0.4, 0.5) is 5.69 Å². The van der Waals surface area contributed by atoms with E-state index in [2.05, 4.69) is 4.85 Å². The molecule has 0 unspecified atom stereocenters. The van der Waals surface area contributed by atoms with Crippen molar-refractivity contribution < 1.29 is 9.90 Å². The summed E-state index contributed by atoms with van der Waals surface area (Å²) in [6.07, 6.45) is 1.55. The Labute approximate surface area is 134 Å². The fraction of sp³-hybridized carbons (Fsp3) is 0.0526. The van der Waals surface area contributed by atoms with Gasteiger partial charge in [0.15, 0.2) is 0 Å². The summed E-state index contributed by atoms with van der Waals surface area (Å²) >= 11 is 0. The zero-order chi connectivity index (χ0) is 16.4. The molecule has 23 heavy (non-hydrogen) atoms. The lowest BCUT2D eigenvalue weighted by atomic mass is 9.99. The predicted octanol–water partition coefficient (Wildman–Crippen LogP) is 4.61. The number of aromatic carboxylic acids is 1. The topological polar surface area (TPSA) is 46.6 Å². The Morgan fingerprint density at radius 3 is 2.13 bits per heavy atom. The third-order valence-corrected chi connectivity index (χ3v) is 3.77. The van der Waals surface area contributed by atoms with Crippen LogP contribution in [-0.4, -0.2) is 15.6 Å². The first-order valence-electron chi connectivity index (χ1n) is 7.07. The van der Waals surface area contributed by atoms with Crippen molar-refractivity contribution in [2.75, 3.05) is 0 Å². The van der Waals surface area contributed by atoms with Gasteiger partial charge in [-0.2, -0.15) is 0 Å². The summed E-state index contributed by atoms with van der Waals surface area (Å²) in [6.45, 7) is 7.28. The van der Waals surface area contributed by atoms with Crippen molar-refractivity contribution in [2.24, 2.45) is 7.05 Å². The minimum absolute atomic E-state index is 0.128. The van der Waals surface area contributed by atoms with Crippen molar-refractivity contribution in [3.63, 3.8) is 0 Å². The van der Waals surface area contributed by atoms with Gasteiger partial charge in [-0.15, -0.1) is 0 Å². The van der Waals surface area contributed by atoms with Crippen LogP contribution in [0.2, 0.25) is 0 Å². The number of nitrogens with zero attached hydrogens (tertiary/aromatic N) is 2. The molecule has 0 radical (unpaired) electrons. The van der Waals surface area contributed by atoms with E-state index in [1.165, 1.54) is 4.57 Å². The van der Waals surface area contributed by atoms with E-state index >= 15 is 0 Å². The fourth-order valence-corrected chi connectivity index (χ4v) is 2.70. The maximum absolute atomic E-state index is 11.5. The summed E-state index contributed by atoms with van der Waals surface area (Å²) in [5.74, 6) is -1.04. The molecule has 0 spiro atoms. The molecule has 0 amide bonds. The number of hydrogen-bond donors (Lipinski definition) is 1. The lowest BCUT2D eigenvalue weighted by Gasteiger charge is -2.07. The van der Waals surface area contributed by atoms with Crippen LogP contribution in [0.3, 0.4) is 0 Å². The number of aromatic nitrogens is 1. The van der Waals surface area contributed by atoms with Gasteiger partial charge in [-0.3, -0.25) is 0 Å². The molecular formula is C19H14N2O2. The quantitative estimate of drug-likeness (QED) is 0.718. The molecule has 4 heteroatoms. The van der Waals surface area contributed by atoms with Gasteiger partial charge in [0.25, 0.3) is 0 Å². The maximum Gasteiger partial charge on any atom is 0.351 e. The molecule has 2 aromatic carbocycles. The third kappa shape index (κ3) is 2.60. The Morgan fingerprint density at radius 1 is 1.00 bits per heavy atom. The summed E-state index contributed by atoms with van der Waals surface area (Å²) in [4.78, 5) is 15.0. The van der Waals surface area contributed by atoms with Crippen LogP contribution in [0.5, 0.6) is 0 Å². The molecule has 3 rings (SSSR count). The molecule has 1 N–H and O–H groups in total. The Morgan fingerprint density at radius 2 is 1.57 bits per heavy atom. The number of carboxylic acid groups (broad SMARTS) is 1. The molecule has 0 saturated heterocycles. The highest BCUT2D eigenvalue weighted by atomic mass is 16.4. The average molecular weight is 302 g/mol. The molecule has 0 aliphatic carbocycles. The van der Waals surface area contributed by atoms with E-state index < -0.39 is 5.97 Å². The molecule has 0 saturated carbocycles. The van der Waals surface area contributed by atoms with Crippen molar-refractivity contribution in [3.8, 4) is 22.3 Å². The van der Waals surface area contributed by atoms with Crippen LogP contribution in [0.1, 0.15) is 10.5 Å². The van der Waals surface area contributed by atoms with Gasteiger partial charge < -0.3 is 9.67 Å². The highest BCUT2D eigenvalue weighted by molar-refractivity contribution is 5.99. The first-order valence-corrected chi connectivity index (χ1v) is 7.07. The SMILES string of the molecule is [C-]#[N+]c1cn(C)c(C(=O)O)c1-c1ccc(-c2ccccc2)cc1. The fourth-order valence-electron chi connectivity index (χ4n) is 2.70. The van der Waals surface area contributed by atoms with E-state index in [0.29, 0.717) is 11.3 Å². The first kappa shape index (κ1) is 14.6. The van der Waals surface area contributed by atoms with Gasteiger partial charge >= 0.3 is 5.97 Å². The van der Waals surface area contributed by atoms with E-state index in [0.717, 1.165) is 16.7 Å². The molecule has 0 aliphatic heterocycles. The van der Waals surface area contributed by atoms with E-state index in [9.17, 15) is 9.90 Å². The second kappa shape index (κ2) is 5.82. The van der Waals surface area contributed by atoms with Crippen molar-refractivity contribution >= 4 is 11.7 Å².